The molecule has 0 radical (unpaired) electrons. The van der Waals surface area contributed by atoms with E-state index in [9.17, 15) is 9.90 Å². The zero-order valence-corrected chi connectivity index (χ0v) is 14.3. The molecule has 25 heavy (non-hydrogen) atoms. The van der Waals surface area contributed by atoms with Gasteiger partial charge in [0.1, 0.15) is 11.5 Å². The van der Waals surface area contributed by atoms with Crippen LogP contribution in [-0.2, 0) is 11.2 Å². The van der Waals surface area contributed by atoms with Crippen molar-refractivity contribution >= 4 is 5.91 Å². The lowest BCUT2D eigenvalue weighted by Crippen LogP contribution is -2.45. The summed E-state index contributed by atoms with van der Waals surface area (Å²) in [6.07, 6.45) is 0.0951. The highest BCUT2D eigenvalue weighted by Gasteiger charge is 2.31. The molecule has 0 fully saturated rings. The van der Waals surface area contributed by atoms with E-state index in [1.165, 1.54) is 0 Å². The molecule has 1 heterocycles. The van der Waals surface area contributed by atoms with Crippen LogP contribution in [0.2, 0.25) is 0 Å². The van der Waals surface area contributed by atoms with Crippen LogP contribution in [0.3, 0.4) is 0 Å². The molecule has 0 bridgehead atoms. The number of nitrogens with zero attached hydrogens (tertiary/aromatic N) is 2. The fraction of sp³-hybridized carbons (Fsp3) is 0.300. The van der Waals surface area contributed by atoms with E-state index < -0.39 is 6.10 Å². The van der Waals surface area contributed by atoms with E-state index in [0.29, 0.717) is 24.3 Å². The van der Waals surface area contributed by atoms with Gasteiger partial charge < -0.3 is 14.7 Å². The molecule has 2 aromatic rings. The first-order chi connectivity index (χ1) is 12.0. The van der Waals surface area contributed by atoms with Crippen LogP contribution in [0.1, 0.15) is 36.6 Å². The van der Waals surface area contributed by atoms with E-state index in [-0.39, 0.29) is 17.7 Å². The molecule has 1 aliphatic heterocycles. The van der Waals surface area contributed by atoms with Crippen molar-refractivity contribution in [2.24, 2.45) is 0 Å². The second-order valence-corrected chi connectivity index (χ2v) is 6.24. The average Bonchev–Trinajstić information content (AvgIpc) is 2.62. The number of phenolic OH excluding ortho intramolecular Hbond substituents is 1. The summed E-state index contributed by atoms with van der Waals surface area (Å²) in [6, 6.07) is 14.0. The van der Waals surface area contributed by atoms with Crippen molar-refractivity contribution in [3.63, 3.8) is 0 Å². The monoisotopic (exact) mass is 336 g/mol. The molecule has 5 heteroatoms. The van der Waals surface area contributed by atoms with Gasteiger partial charge in [0, 0.05) is 6.54 Å². The van der Waals surface area contributed by atoms with Gasteiger partial charge in [-0.3, -0.25) is 4.79 Å². The Balaban J connectivity index is 1.71. The number of fused-ring (bicyclic) bond motifs is 1. The van der Waals surface area contributed by atoms with Gasteiger partial charge in [0.25, 0.3) is 5.91 Å². The average molecular weight is 336 g/mol. The SMILES string of the molecule is CC(Oc1ccc(C#N)cc1)C(=O)N1CCc2cc(O)ccc2C1C. The lowest BCUT2D eigenvalue weighted by Gasteiger charge is -2.36. The van der Waals surface area contributed by atoms with Crippen molar-refractivity contribution in [2.45, 2.75) is 32.4 Å². The first kappa shape index (κ1) is 16.8. The number of hydrogen-bond donors (Lipinski definition) is 1. The van der Waals surface area contributed by atoms with E-state index >= 15 is 0 Å². The minimum Gasteiger partial charge on any atom is -0.508 e. The number of carbonyl (C=O) groups is 1. The highest BCUT2D eigenvalue weighted by Crippen LogP contribution is 2.32. The summed E-state index contributed by atoms with van der Waals surface area (Å²) in [5.41, 5.74) is 2.69. The summed E-state index contributed by atoms with van der Waals surface area (Å²) in [4.78, 5) is 14.6. The van der Waals surface area contributed by atoms with Crippen molar-refractivity contribution in [3.05, 3.63) is 59.2 Å². The maximum atomic E-state index is 12.8. The molecule has 2 unspecified atom stereocenters. The van der Waals surface area contributed by atoms with Gasteiger partial charge in [0.05, 0.1) is 17.7 Å². The predicted molar refractivity (Wildman–Crippen MR) is 93.2 cm³/mol. The van der Waals surface area contributed by atoms with Gasteiger partial charge in [-0.2, -0.15) is 5.26 Å². The van der Waals surface area contributed by atoms with Crippen LogP contribution in [0.25, 0.3) is 0 Å². The molecule has 2 aromatic carbocycles. The van der Waals surface area contributed by atoms with Crippen LogP contribution in [0, 0.1) is 11.3 Å². The lowest BCUT2D eigenvalue weighted by atomic mass is 9.93. The molecule has 3 rings (SSSR count). The number of amides is 1. The highest BCUT2D eigenvalue weighted by atomic mass is 16.5. The van der Waals surface area contributed by atoms with Crippen LogP contribution < -0.4 is 4.74 Å². The molecule has 0 aliphatic carbocycles. The van der Waals surface area contributed by atoms with Gasteiger partial charge in [0.2, 0.25) is 0 Å². The number of benzene rings is 2. The number of rotatable bonds is 3. The summed E-state index contributed by atoms with van der Waals surface area (Å²) in [7, 11) is 0. The zero-order chi connectivity index (χ0) is 18.0. The summed E-state index contributed by atoms with van der Waals surface area (Å²) in [5.74, 6) is 0.744. The first-order valence-corrected chi connectivity index (χ1v) is 8.28. The third kappa shape index (κ3) is 3.43. The van der Waals surface area contributed by atoms with Gasteiger partial charge in [0.15, 0.2) is 6.10 Å². The third-order valence-electron chi connectivity index (χ3n) is 4.59. The molecule has 0 aromatic heterocycles. The number of hydrogen-bond acceptors (Lipinski definition) is 4. The van der Waals surface area contributed by atoms with Crippen molar-refractivity contribution in [2.75, 3.05) is 6.54 Å². The lowest BCUT2D eigenvalue weighted by molar-refractivity contribution is -0.140. The maximum Gasteiger partial charge on any atom is 0.263 e. The quantitative estimate of drug-likeness (QED) is 0.934. The summed E-state index contributed by atoms with van der Waals surface area (Å²) < 4.78 is 5.74. The van der Waals surface area contributed by atoms with Gasteiger partial charge in [-0.1, -0.05) is 6.07 Å². The van der Waals surface area contributed by atoms with Crippen LogP contribution in [0.15, 0.2) is 42.5 Å². The highest BCUT2D eigenvalue weighted by molar-refractivity contribution is 5.81. The van der Waals surface area contributed by atoms with Crippen molar-refractivity contribution in [1.82, 2.24) is 4.90 Å². The van der Waals surface area contributed by atoms with Crippen LogP contribution in [-0.4, -0.2) is 28.6 Å². The fourth-order valence-electron chi connectivity index (χ4n) is 3.22. The molecule has 5 nitrogen and oxygen atoms in total. The minimum absolute atomic E-state index is 0.0659. The van der Waals surface area contributed by atoms with E-state index in [1.54, 1.807) is 43.3 Å². The number of aromatic hydroxyl groups is 1. The second kappa shape index (κ2) is 6.86. The minimum atomic E-state index is -0.617. The fourth-order valence-corrected chi connectivity index (χ4v) is 3.22. The van der Waals surface area contributed by atoms with E-state index in [2.05, 4.69) is 6.07 Å². The van der Waals surface area contributed by atoms with Gasteiger partial charge in [-0.15, -0.1) is 0 Å². The summed E-state index contributed by atoms with van der Waals surface area (Å²) in [5, 5.41) is 18.4. The molecule has 1 amide bonds. The van der Waals surface area contributed by atoms with Gasteiger partial charge in [-0.25, -0.2) is 0 Å². The second-order valence-electron chi connectivity index (χ2n) is 6.24. The van der Waals surface area contributed by atoms with Crippen LogP contribution >= 0.6 is 0 Å². The molecular formula is C20H20N2O3. The normalized spacial score (nSPS) is 17.3. The van der Waals surface area contributed by atoms with Crippen LogP contribution in [0.5, 0.6) is 11.5 Å². The number of ether oxygens (including phenoxy) is 1. The van der Waals surface area contributed by atoms with Gasteiger partial charge in [-0.05, 0) is 67.8 Å². The molecular weight excluding hydrogens is 316 g/mol. The molecule has 0 saturated heterocycles. The molecule has 128 valence electrons. The Hall–Kier alpha value is -3.00. The van der Waals surface area contributed by atoms with E-state index in [4.69, 9.17) is 10.00 Å². The molecule has 0 spiro atoms. The topological polar surface area (TPSA) is 73.6 Å². The Morgan fingerprint density at radius 2 is 2.04 bits per heavy atom. The summed E-state index contributed by atoms with van der Waals surface area (Å²) in [6.45, 7) is 4.32. The molecule has 0 saturated carbocycles. The Morgan fingerprint density at radius 1 is 1.32 bits per heavy atom. The molecule has 2 atom stereocenters. The van der Waals surface area contributed by atoms with Crippen molar-refractivity contribution < 1.29 is 14.6 Å². The Labute approximate surface area is 147 Å². The number of phenols is 1. The zero-order valence-electron chi connectivity index (χ0n) is 14.3. The Kier molecular flexibility index (Phi) is 4.62. The molecule has 1 aliphatic rings. The largest absolute Gasteiger partial charge is 0.508 e. The van der Waals surface area contributed by atoms with E-state index in [0.717, 1.165) is 11.1 Å². The van der Waals surface area contributed by atoms with Crippen molar-refractivity contribution in [3.8, 4) is 17.6 Å². The number of nitriles is 1. The summed E-state index contributed by atoms with van der Waals surface area (Å²) >= 11 is 0. The molecule has 1 N–H and O–H groups in total. The van der Waals surface area contributed by atoms with E-state index in [1.807, 2.05) is 17.9 Å². The third-order valence-corrected chi connectivity index (χ3v) is 4.59. The Bertz CT molecular complexity index is 824. The maximum absolute atomic E-state index is 12.8. The van der Waals surface area contributed by atoms with Crippen molar-refractivity contribution in [1.29, 1.82) is 5.26 Å². The smallest absolute Gasteiger partial charge is 0.263 e. The van der Waals surface area contributed by atoms with Gasteiger partial charge >= 0.3 is 0 Å². The first-order valence-electron chi connectivity index (χ1n) is 8.28. The van der Waals surface area contributed by atoms with Crippen LogP contribution in [0.4, 0.5) is 0 Å². The standard InChI is InChI=1S/C20H20N2O3/c1-13-19-8-5-17(23)11-16(19)9-10-22(13)20(24)14(2)25-18-6-3-15(12-21)4-7-18/h3-8,11,13-14,23H,9-10H2,1-2H3. The Morgan fingerprint density at radius 3 is 2.72 bits per heavy atom. The predicted octanol–water partition coefficient (Wildman–Crippen LogP) is 3.18. The number of carbonyl (C=O) groups excluding carboxylic acids is 1.